The molecule has 28 heavy (non-hydrogen) atoms. The van der Waals surface area contributed by atoms with Gasteiger partial charge in [0.1, 0.15) is 11.6 Å². The summed E-state index contributed by atoms with van der Waals surface area (Å²) < 4.78 is 15.0. The molecule has 1 N–H and O–H groups in total. The summed E-state index contributed by atoms with van der Waals surface area (Å²) in [7, 11) is 2.12. The Morgan fingerprint density at radius 3 is 2.36 bits per heavy atom. The number of aromatic hydroxyl groups is 1. The summed E-state index contributed by atoms with van der Waals surface area (Å²) in [5.41, 5.74) is 1.95. The van der Waals surface area contributed by atoms with Gasteiger partial charge in [0.2, 0.25) is 0 Å². The first-order valence-corrected chi connectivity index (χ1v) is 9.32. The lowest BCUT2D eigenvalue weighted by atomic mass is 10.0. The molecule has 0 aliphatic carbocycles. The lowest BCUT2D eigenvalue weighted by molar-refractivity contribution is 0.121. The van der Waals surface area contributed by atoms with Crippen LogP contribution in [0.1, 0.15) is 23.0 Å². The number of aromatic nitrogens is 4. The highest BCUT2D eigenvalue weighted by atomic mass is 19.1. The summed E-state index contributed by atoms with van der Waals surface area (Å²) in [6.45, 7) is 4.18. The van der Waals surface area contributed by atoms with E-state index in [9.17, 15) is 9.50 Å². The van der Waals surface area contributed by atoms with Gasteiger partial charge in [-0.15, -0.1) is 5.10 Å². The van der Waals surface area contributed by atoms with Crippen molar-refractivity contribution >= 4 is 0 Å². The smallest absolute Gasteiger partial charge is 0.173 e. The largest absolute Gasteiger partial charge is 0.508 e. The molecule has 1 unspecified atom stereocenters. The molecule has 146 valence electrons. The summed E-state index contributed by atoms with van der Waals surface area (Å²) in [6.07, 6.45) is 0. The Balaban J connectivity index is 1.67. The predicted molar refractivity (Wildman–Crippen MR) is 102 cm³/mol. The zero-order valence-corrected chi connectivity index (χ0v) is 15.7. The maximum Gasteiger partial charge on any atom is 0.173 e. The molecule has 0 saturated carbocycles. The fraction of sp³-hybridized carbons (Fsp3) is 0.350. The van der Waals surface area contributed by atoms with E-state index in [-0.39, 0.29) is 17.6 Å². The summed E-state index contributed by atoms with van der Waals surface area (Å²) in [6, 6.07) is 13.4. The minimum Gasteiger partial charge on any atom is -0.508 e. The van der Waals surface area contributed by atoms with Crippen molar-refractivity contribution in [1.29, 1.82) is 0 Å². The first-order chi connectivity index (χ1) is 13.6. The number of phenols is 1. The molecular formula is C20H23FN6O. The van der Waals surface area contributed by atoms with Crippen molar-refractivity contribution < 1.29 is 9.50 Å². The van der Waals surface area contributed by atoms with Gasteiger partial charge in [-0.05, 0) is 52.9 Å². The molecule has 0 radical (unpaired) electrons. The Bertz CT molecular complexity index is 903. The van der Waals surface area contributed by atoms with Crippen molar-refractivity contribution in [1.82, 2.24) is 30.0 Å². The SMILES string of the molecule is CN1CCN(C(c2ccc(O)cc2)c2nnnn2Cc2ccc(F)cc2)CC1. The fourth-order valence-corrected chi connectivity index (χ4v) is 3.54. The van der Waals surface area contributed by atoms with E-state index in [1.807, 2.05) is 12.1 Å². The molecule has 7 nitrogen and oxygen atoms in total. The number of likely N-dealkylation sites (N-methyl/N-ethyl adjacent to an activating group) is 1. The highest BCUT2D eigenvalue weighted by Gasteiger charge is 2.30. The summed E-state index contributed by atoms with van der Waals surface area (Å²) in [5, 5.41) is 22.1. The minimum absolute atomic E-state index is 0.121. The summed E-state index contributed by atoms with van der Waals surface area (Å²) in [4.78, 5) is 4.66. The van der Waals surface area contributed by atoms with Gasteiger partial charge in [0.25, 0.3) is 0 Å². The lowest BCUT2D eigenvalue weighted by Crippen LogP contribution is -2.46. The Hall–Kier alpha value is -2.84. The van der Waals surface area contributed by atoms with Gasteiger partial charge in [-0.25, -0.2) is 9.07 Å². The number of hydrogen-bond acceptors (Lipinski definition) is 6. The Morgan fingerprint density at radius 1 is 1.00 bits per heavy atom. The van der Waals surface area contributed by atoms with Gasteiger partial charge in [0.05, 0.1) is 12.6 Å². The summed E-state index contributed by atoms with van der Waals surface area (Å²) >= 11 is 0. The van der Waals surface area contributed by atoms with E-state index in [0.29, 0.717) is 6.54 Å². The van der Waals surface area contributed by atoms with E-state index in [0.717, 1.165) is 43.1 Å². The quantitative estimate of drug-likeness (QED) is 0.727. The van der Waals surface area contributed by atoms with Crippen LogP contribution in [0.4, 0.5) is 4.39 Å². The van der Waals surface area contributed by atoms with Gasteiger partial charge in [-0.2, -0.15) is 0 Å². The Morgan fingerprint density at radius 2 is 1.68 bits per heavy atom. The van der Waals surface area contributed by atoms with Crippen molar-refractivity contribution in [2.24, 2.45) is 0 Å². The molecule has 1 atom stereocenters. The summed E-state index contributed by atoms with van der Waals surface area (Å²) in [5.74, 6) is 0.700. The molecule has 3 aromatic rings. The van der Waals surface area contributed by atoms with Crippen LogP contribution in [0.15, 0.2) is 48.5 Å². The topological polar surface area (TPSA) is 70.3 Å². The first kappa shape index (κ1) is 18.5. The van der Waals surface area contributed by atoms with Gasteiger partial charge in [0, 0.05) is 26.2 Å². The van der Waals surface area contributed by atoms with E-state index in [4.69, 9.17) is 0 Å². The third-order valence-corrected chi connectivity index (χ3v) is 5.16. The second-order valence-corrected chi connectivity index (χ2v) is 7.15. The lowest BCUT2D eigenvalue weighted by Gasteiger charge is -2.37. The maximum absolute atomic E-state index is 13.2. The van der Waals surface area contributed by atoms with Gasteiger partial charge in [-0.3, -0.25) is 4.90 Å². The highest BCUT2D eigenvalue weighted by Crippen LogP contribution is 2.29. The third-order valence-electron chi connectivity index (χ3n) is 5.16. The van der Waals surface area contributed by atoms with E-state index < -0.39 is 0 Å². The third kappa shape index (κ3) is 4.02. The zero-order chi connectivity index (χ0) is 19.5. The van der Waals surface area contributed by atoms with Crippen LogP contribution in [0, 0.1) is 5.82 Å². The minimum atomic E-state index is -0.264. The average Bonchev–Trinajstić information content (AvgIpc) is 3.14. The van der Waals surface area contributed by atoms with Crippen molar-refractivity contribution in [3.05, 3.63) is 71.3 Å². The molecule has 2 aromatic carbocycles. The van der Waals surface area contributed by atoms with Crippen molar-refractivity contribution in [2.75, 3.05) is 33.2 Å². The van der Waals surface area contributed by atoms with Crippen LogP contribution in [0.3, 0.4) is 0 Å². The number of benzene rings is 2. The molecule has 1 aromatic heterocycles. The Kier molecular flexibility index (Phi) is 5.31. The molecule has 0 spiro atoms. The van der Waals surface area contributed by atoms with Gasteiger partial charge < -0.3 is 10.0 Å². The van der Waals surface area contributed by atoms with Gasteiger partial charge in [0.15, 0.2) is 5.82 Å². The van der Waals surface area contributed by atoms with Gasteiger partial charge >= 0.3 is 0 Å². The second kappa shape index (κ2) is 8.04. The predicted octanol–water partition coefficient (Wildman–Crippen LogP) is 1.90. The van der Waals surface area contributed by atoms with Gasteiger partial charge in [-0.1, -0.05) is 24.3 Å². The van der Waals surface area contributed by atoms with E-state index in [1.54, 1.807) is 28.9 Å². The molecule has 0 amide bonds. The molecule has 1 aliphatic rings. The number of halogens is 1. The van der Waals surface area contributed by atoms with Crippen LogP contribution in [0.5, 0.6) is 5.75 Å². The molecule has 4 rings (SSSR count). The van der Waals surface area contributed by atoms with Crippen LogP contribution in [-0.4, -0.2) is 68.3 Å². The first-order valence-electron chi connectivity index (χ1n) is 9.32. The zero-order valence-electron chi connectivity index (χ0n) is 15.7. The number of nitrogens with zero attached hydrogens (tertiary/aromatic N) is 6. The standard InChI is InChI=1S/C20H23FN6O/c1-25-10-12-26(13-11-25)19(16-4-8-18(28)9-5-16)20-22-23-24-27(20)14-15-2-6-17(21)7-3-15/h2-9,19,28H,10-14H2,1H3. The molecule has 0 bridgehead atoms. The number of rotatable bonds is 5. The maximum atomic E-state index is 13.2. The molecule has 1 saturated heterocycles. The average molecular weight is 382 g/mol. The van der Waals surface area contributed by atoms with E-state index in [1.165, 1.54) is 12.1 Å². The van der Waals surface area contributed by atoms with Crippen molar-refractivity contribution in [3.8, 4) is 5.75 Å². The molecule has 8 heteroatoms. The highest BCUT2D eigenvalue weighted by molar-refractivity contribution is 5.31. The monoisotopic (exact) mass is 382 g/mol. The van der Waals surface area contributed by atoms with E-state index >= 15 is 0 Å². The van der Waals surface area contributed by atoms with Crippen LogP contribution in [0.2, 0.25) is 0 Å². The number of phenolic OH excluding ortho intramolecular Hbond substituents is 1. The number of piperazine rings is 1. The van der Waals surface area contributed by atoms with Crippen molar-refractivity contribution in [3.63, 3.8) is 0 Å². The molecule has 2 heterocycles. The van der Waals surface area contributed by atoms with Crippen LogP contribution < -0.4 is 0 Å². The van der Waals surface area contributed by atoms with E-state index in [2.05, 4.69) is 32.4 Å². The van der Waals surface area contributed by atoms with Crippen LogP contribution in [-0.2, 0) is 6.54 Å². The van der Waals surface area contributed by atoms with Crippen LogP contribution >= 0.6 is 0 Å². The van der Waals surface area contributed by atoms with Crippen molar-refractivity contribution in [2.45, 2.75) is 12.6 Å². The molecular weight excluding hydrogens is 359 g/mol. The number of tetrazole rings is 1. The molecule has 1 fully saturated rings. The molecule has 1 aliphatic heterocycles. The van der Waals surface area contributed by atoms with Crippen LogP contribution in [0.25, 0.3) is 0 Å². The number of hydrogen-bond donors (Lipinski definition) is 1. The Labute approximate surface area is 163 Å². The normalized spacial score (nSPS) is 16.9. The fourth-order valence-electron chi connectivity index (χ4n) is 3.54. The second-order valence-electron chi connectivity index (χ2n) is 7.15.